The second-order valence-corrected chi connectivity index (χ2v) is 6.70. The molecule has 0 aliphatic carbocycles. The number of Topliss-reactive ketones (excluding diaryl/α,β-unsaturated/α-hetero) is 1. The van der Waals surface area contributed by atoms with E-state index in [1.54, 1.807) is 13.8 Å². The van der Waals surface area contributed by atoms with E-state index >= 15 is 0 Å². The smallest absolute Gasteiger partial charge is 0.181 e. The molecule has 0 amide bonds. The first kappa shape index (κ1) is 13.2. The van der Waals surface area contributed by atoms with Crippen molar-refractivity contribution in [1.29, 1.82) is 0 Å². The minimum absolute atomic E-state index is 0.0550. The van der Waals surface area contributed by atoms with Gasteiger partial charge in [0.2, 0.25) is 0 Å². The Hall–Kier alpha value is -0.870. The largest absolute Gasteiger partial charge is 0.294 e. The SMILES string of the molecule is CC(=O)c1cc(Cl)ccc1S(=O)(=O)C(C)C. The Kier molecular flexibility index (Phi) is 3.76. The summed E-state index contributed by atoms with van der Waals surface area (Å²) >= 11 is 5.74. The van der Waals surface area contributed by atoms with Gasteiger partial charge in [0.05, 0.1) is 10.1 Å². The molecule has 1 aromatic rings. The number of hydrogen-bond donors (Lipinski definition) is 0. The summed E-state index contributed by atoms with van der Waals surface area (Å²) in [6.45, 7) is 4.48. The molecular formula is C11H13ClO3S. The molecule has 0 saturated heterocycles. The van der Waals surface area contributed by atoms with Crippen LogP contribution in [0.4, 0.5) is 0 Å². The van der Waals surface area contributed by atoms with Gasteiger partial charge < -0.3 is 0 Å². The Morgan fingerprint density at radius 2 is 1.88 bits per heavy atom. The average Bonchev–Trinajstić information content (AvgIpc) is 2.16. The second-order valence-electron chi connectivity index (χ2n) is 3.79. The van der Waals surface area contributed by atoms with Crippen molar-refractivity contribution in [2.45, 2.75) is 30.9 Å². The molecule has 0 N–H and O–H groups in total. The molecule has 5 heteroatoms. The summed E-state index contributed by atoms with van der Waals surface area (Å²) in [5, 5.41) is -0.209. The van der Waals surface area contributed by atoms with Gasteiger partial charge in [0.25, 0.3) is 0 Å². The van der Waals surface area contributed by atoms with Crippen LogP contribution >= 0.6 is 11.6 Å². The summed E-state index contributed by atoms with van der Waals surface area (Å²) in [7, 11) is -3.45. The number of ketones is 1. The fourth-order valence-corrected chi connectivity index (χ4v) is 2.73. The van der Waals surface area contributed by atoms with Crippen LogP contribution in [0, 0.1) is 0 Å². The van der Waals surface area contributed by atoms with Crippen LogP contribution in [-0.2, 0) is 9.84 Å². The molecule has 0 aromatic heterocycles. The van der Waals surface area contributed by atoms with E-state index in [0.717, 1.165) is 0 Å². The van der Waals surface area contributed by atoms with Gasteiger partial charge in [-0.3, -0.25) is 4.79 Å². The van der Waals surface area contributed by atoms with Gasteiger partial charge in [-0.05, 0) is 39.0 Å². The lowest BCUT2D eigenvalue weighted by atomic mass is 10.1. The van der Waals surface area contributed by atoms with Crippen LogP contribution in [0.15, 0.2) is 23.1 Å². The summed E-state index contributed by atoms with van der Waals surface area (Å²) < 4.78 is 23.9. The molecule has 0 aliphatic rings. The highest BCUT2D eigenvalue weighted by Gasteiger charge is 2.24. The highest BCUT2D eigenvalue weighted by atomic mass is 35.5. The van der Waals surface area contributed by atoms with Crippen molar-refractivity contribution in [2.75, 3.05) is 0 Å². The second kappa shape index (κ2) is 4.55. The molecule has 0 radical (unpaired) electrons. The number of benzene rings is 1. The van der Waals surface area contributed by atoms with Crippen molar-refractivity contribution >= 4 is 27.2 Å². The van der Waals surface area contributed by atoms with Crippen molar-refractivity contribution in [3.63, 3.8) is 0 Å². The number of halogens is 1. The first-order valence-corrected chi connectivity index (χ1v) is 6.73. The summed E-state index contributed by atoms with van der Waals surface area (Å²) in [4.78, 5) is 11.4. The van der Waals surface area contributed by atoms with E-state index in [9.17, 15) is 13.2 Å². The monoisotopic (exact) mass is 260 g/mol. The maximum absolute atomic E-state index is 12.0. The Morgan fingerprint density at radius 3 is 2.31 bits per heavy atom. The minimum Gasteiger partial charge on any atom is -0.294 e. The standard InChI is InChI=1S/C11H13ClO3S/c1-7(2)16(14,15)11-5-4-9(12)6-10(11)8(3)13/h4-7H,1-3H3. The van der Waals surface area contributed by atoms with Crippen LogP contribution in [0.3, 0.4) is 0 Å². The number of rotatable bonds is 3. The van der Waals surface area contributed by atoms with E-state index < -0.39 is 15.1 Å². The molecule has 1 aromatic carbocycles. The molecule has 3 nitrogen and oxygen atoms in total. The van der Waals surface area contributed by atoms with Gasteiger partial charge in [0.15, 0.2) is 15.6 Å². The predicted molar refractivity (Wildman–Crippen MR) is 63.8 cm³/mol. The van der Waals surface area contributed by atoms with Crippen LogP contribution in [0.5, 0.6) is 0 Å². The van der Waals surface area contributed by atoms with Crippen LogP contribution in [0.25, 0.3) is 0 Å². The molecule has 0 fully saturated rings. The Labute approximate surface area is 100 Å². The first-order chi connectivity index (χ1) is 7.26. The van der Waals surface area contributed by atoms with Crippen molar-refractivity contribution in [2.24, 2.45) is 0 Å². The van der Waals surface area contributed by atoms with Gasteiger partial charge in [-0.2, -0.15) is 0 Å². The zero-order chi connectivity index (χ0) is 12.5. The molecule has 1 rings (SSSR count). The maximum Gasteiger partial charge on any atom is 0.181 e. The van der Waals surface area contributed by atoms with E-state index in [1.165, 1.54) is 25.1 Å². The van der Waals surface area contributed by atoms with Gasteiger partial charge in [-0.15, -0.1) is 0 Å². The fraction of sp³-hybridized carbons (Fsp3) is 0.364. The molecule has 0 atom stereocenters. The molecule has 0 aliphatic heterocycles. The van der Waals surface area contributed by atoms with Crippen molar-refractivity contribution in [3.8, 4) is 0 Å². The number of carbonyl (C=O) groups is 1. The lowest BCUT2D eigenvalue weighted by Gasteiger charge is -2.11. The fourth-order valence-electron chi connectivity index (χ4n) is 1.28. The number of carbonyl (C=O) groups excluding carboxylic acids is 1. The normalized spacial score (nSPS) is 11.8. The van der Waals surface area contributed by atoms with E-state index in [2.05, 4.69) is 0 Å². The Balaban J connectivity index is 3.52. The van der Waals surface area contributed by atoms with Crippen LogP contribution in [0.2, 0.25) is 5.02 Å². The molecular weight excluding hydrogens is 248 g/mol. The van der Waals surface area contributed by atoms with E-state index in [4.69, 9.17) is 11.6 Å². The molecule has 88 valence electrons. The third-order valence-electron chi connectivity index (χ3n) is 2.25. The molecule has 0 heterocycles. The molecule has 0 saturated carbocycles. The molecule has 0 unspecified atom stereocenters. The summed E-state index contributed by atoms with van der Waals surface area (Å²) in [6, 6.07) is 4.25. The van der Waals surface area contributed by atoms with Gasteiger partial charge in [0.1, 0.15) is 0 Å². The quantitative estimate of drug-likeness (QED) is 0.785. The van der Waals surface area contributed by atoms with E-state index in [-0.39, 0.29) is 16.2 Å². The highest BCUT2D eigenvalue weighted by molar-refractivity contribution is 7.92. The van der Waals surface area contributed by atoms with Gasteiger partial charge in [-0.1, -0.05) is 11.6 Å². The number of sulfone groups is 1. The highest BCUT2D eigenvalue weighted by Crippen LogP contribution is 2.24. The van der Waals surface area contributed by atoms with Gasteiger partial charge in [-0.25, -0.2) is 8.42 Å². The first-order valence-electron chi connectivity index (χ1n) is 4.81. The molecule has 0 bridgehead atoms. The zero-order valence-electron chi connectivity index (χ0n) is 9.32. The lowest BCUT2D eigenvalue weighted by Crippen LogP contribution is -2.17. The van der Waals surface area contributed by atoms with Crippen LogP contribution < -0.4 is 0 Å². The van der Waals surface area contributed by atoms with Gasteiger partial charge >= 0.3 is 0 Å². The number of hydrogen-bond acceptors (Lipinski definition) is 3. The summed E-state index contributed by atoms with van der Waals surface area (Å²) in [5.74, 6) is -0.304. The van der Waals surface area contributed by atoms with Crippen LogP contribution in [-0.4, -0.2) is 19.5 Å². The third-order valence-corrected chi connectivity index (χ3v) is 4.69. The molecule has 16 heavy (non-hydrogen) atoms. The van der Waals surface area contributed by atoms with Crippen molar-refractivity contribution < 1.29 is 13.2 Å². The van der Waals surface area contributed by atoms with Gasteiger partial charge in [0, 0.05) is 10.6 Å². The minimum atomic E-state index is -3.45. The predicted octanol–water partition coefficient (Wildman–Crippen LogP) is 2.72. The zero-order valence-corrected chi connectivity index (χ0v) is 10.9. The third kappa shape index (κ3) is 2.44. The summed E-state index contributed by atoms with van der Waals surface area (Å²) in [6.07, 6.45) is 0. The molecule has 0 spiro atoms. The lowest BCUT2D eigenvalue weighted by molar-refractivity contribution is 0.101. The average molecular weight is 261 g/mol. The maximum atomic E-state index is 12.0. The Morgan fingerprint density at radius 1 is 1.31 bits per heavy atom. The van der Waals surface area contributed by atoms with Crippen molar-refractivity contribution in [3.05, 3.63) is 28.8 Å². The Bertz CT molecular complexity index is 518. The van der Waals surface area contributed by atoms with E-state index in [0.29, 0.717) is 5.02 Å². The van der Waals surface area contributed by atoms with Crippen molar-refractivity contribution in [1.82, 2.24) is 0 Å². The van der Waals surface area contributed by atoms with Crippen LogP contribution in [0.1, 0.15) is 31.1 Å². The van der Waals surface area contributed by atoms with E-state index in [1.807, 2.05) is 0 Å². The summed E-state index contributed by atoms with van der Waals surface area (Å²) in [5.41, 5.74) is 0.154. The topological polar surface area (TPSA) is 51.2 Å².